The molecule has 8 N–H and O–H groups in total. The molecule has 0 radical (unpaired) electrons. The molecule has 0 saturated heterocycles. The highest BCUT2D eigenvalue weighted by Gasteiger charge is 2.51. The average Bonchev–Trinajstić information content (AvgIpc) is 3.92. The summed E-state index contributed by atoms with van der Waals surface area (Å²) in [5, 5.41) is 80.8. The third-order valence-corrected chi connectivity index (χ3v) is 18.9. The zero-order chi connectivity index (χ0) is 52.7. The zero-order valence-corrected chi connectivity index (χ0v) is 45.8. The van der Waals surface area contributed by atoms with Crippen molar-refractivity contribution in [3.05, 3.63) is 95.2 Å². The third-order valence-electron chi connectivity index (χ3n) is 18.9. The maximum Gasteiger partial charge on any atom is 0.110 e. The number of allylic oxidation sites excluding steroid dienone is 12. The molecule has 0 amide bonds. The molecule has 10 heteroatoms. The van der Waals surface area contributed by atoms with E-state index in [4.69, 9.17) is 19.7 Å². The summed E-state index contributed by atoms with van der Waals surface area (Å²) in [4.78, 5) is 0. The van der Waals surface area contributed by atoms with Gasteiger partial charge in [0, 0.05) is 0 Å². The summed E-state index contributed by atoms with van der Waals surface area (Å²) in [6, 6.07) is 0. The Morgan fingerprint density at radius 3 is 1.21 bits per heavy atom. The number of hydrogen-bond donors (Lipinski definition) is 8. The lowest BCUT2D eigenvalue weighted by atomic mass is 9.61. The zero-order valence-electron chi connectivity index (χ0n) is 45.8. The number of ether oxygens (including phenoxy) is 2. The number of hydrogen-bond acceptors (Lipinski definition) is 10. The molecule has 10 nitrogen and oxygen atoms in total. The van der Waals surface area contributed by atoms with E-state index in [9.17, 15) is 30.6 Å². The highest BCUT2D eigenvalue weighted by atomic mass is 16.5. The SMILES string of the molecule is CCC(O)(/C=C/C=C/[C@@H](C)C1CCC2/C(=C/C=C3C[C@@H](O)C(OCCO)[C@H](O)C3)CCCC21C)CC.CCC(O)(/C=C/C=C/[C@@H](C)C1CCC2/C(=C/C=C3C[C@@H](O)C(OCCO)[C@H](O)C3)CCCC21C)CC. The maximum atomic E-state index is 10.5. The molecule has 72 heavy (non-hydrogen) atoms. The summed E-state index contributed by atoms with van der Waals surface area (Å²) in [5.74, 6) is 3.43. The van der Waals surface area contributed by atoms with Crippen molar-refractivity contribution in [2.75, 3.05) is 26.4 Å². The van der Waals surface area contributed by atoms with Crippen molar-refractivity contribution in [3.63, 3.8) is 0 Å². The lowest BCUT2D eigenvalue weighted by Gasteiger charge is -2.44. The number of fused-ring (bicyclic) bond motifs is 2. The van der Waals surface area contributed by atoms with Crippen LogP contribution < -0.4 is 0 Å². The van der Waals surface area contributed by atoms with E-state index in [0.29, 0.717) is 72.0 Å². The third kappa shape index (κ3) is 15.3. The van der Waals surface area contributed by atoms with Crippen LogP contribution in [-0.4, -0.2) is 115 Å². The molecule has 408 valence electrons. The maximum absolute atomic E-state index is 10.5. The highest BCUT2D eigenvalue weighted by molar-refractivity contribution is 5.29. The number of aliphatic hydroxyl groups excluding tert-OH is 6. The second kappa shape index (κ2) is 28.1. The van der Waals surface area contributed by atoms with Gasteiger partial charge in [-0.25, -0.2) is 0 Å². The molecule has 6 rings (SSSR count). The lowest BCUT2D eigenvalue weighted by molar-refractivity contribution is -0.115. The molecule has 0 spiro atoms. The Labute approximate surface area is 435 Å². The van der Waals surface area contributed by atoms with E-state index < -0.39 is 47.8 Å². The average molecular weight is 1010 g/mol. The van der Waals surface area contributed by atoms with Gasteiger partial charge in [-0.05, 0) is 162 Å². The van der Waals surface area contributed by atoms with Crippen molar-refractivity contribution >= 4 is 0 Å². The van der Waals surface area contributed by atoms with Gasteiger partial charge in [-0.3, -0.25) is 0 Å². The molecule has 12 atom stereocenters. The first-order valence-electron chi connectivity index (χ1n) is 28.5. The minimum Gasteiger partial charge on any atom is -0.394 e. The van der Waals surface area contributed by atoms with Crippen molar-refractivity contribution in [1.82, 2.24) is 0 Å². The summed E-state index contributed by atoms with van der Waals surface area (Å²) in [5.41, 5.74) is 4.35. The molecule has 6 saturated carbocycles. The monoisotopic (exact) mass is 1000 g/mol. The molecule has 0 aromatic rings. The second-order valence-corrected chi connectivity index (χ2v) is 23.4. The van der Waals surface area contributed by atoms with Crippen molar-refractivity contribution in [2.24, 2.45) is 46.3 Å². The fourth-order valence-electron chi connectivity index (χ4n) is 14.2. The van der Waals surface area contributed by atoms with Crippen LogP contribution in [0.4, 0.5) is 0 Å². The Hall–Kier alpha value is -2.48. The van der Waals surface area contributed by atoms with Gasteiger partial charge in [0.25, 0.3) is 0 Å². The molecular weight excluding hydrogens is 905 g/mol. The Morgan fingerprint density at radius 1 is 0.542 bits per heavy atom. The molecule has 0 aromatic heterocycles. The van der Waals surface area contributed by atoms with E-state index in [1.54, 1.807) is 0 Å². The molecule has 6 fully saturated rings. The van der Waals surface area contributed by atoms with Crippen LogP contribution in [0.15, 0.2) is 95.2 Å². The standard InChI is InChI=1S/2C31H50O5/c2*1-5-31(35,6-2)17-8-7-10-22(3)25-14-15-26-24(11-9-16-30(25,26)4)13-12-23-20-27(33)29(28(34)21-23)36-19-18-32/h2*7-8,10,12-13,17,22,25-29,32-35H,5-6,9,11,14-16,18-21H2,1-4H3/b2*10-7+,17-8+,23-12?,24-13+/t2*22-,25?,26?,27-,28-,29?,30?/m11/s1. The van der Waals surface area contributed by atoms with Gasteiger partial charge in [0.15, 0.2) is 0 Å². The van der Waals surface area contributed by atoms with Gasteiger partial charge in [-0.2, -0.15) is 0 Å². The van der Waals surface area contributed by atoms with Gasteiger partial charge in [-0.1, -0.05) is 151 Å². The van der Waals surface area contributed by atoms with Crippen LogP contribution in [0.25, 0.3) is 0 Å². The van der Waals surface area contributed by atoms with Gasteiger partial charge in [0.2, 0.25) is 0 Å². The van der Waals surface area contributed by atoms with E-state index in [1.165, 1.54) is 62.5 Å². The van der Waals surface area contributed by atoms with Crippen LogP contribution in [-0.2, 0) is 9.47 Å². The van der Waals surface area contributed by atoms with E-state index >= 15 is 0 Å². The fourth-order valence-corrected chi connectivity index (χ4v) is 14.2. The number of rotatable bonds is 20. The van der Waals surface area contributed by atoms with Gasteiger partial charge in [0.05, 0.1) is 62.0 Å². The molecule has 0 aliphatic heterocycles. The van der Waals surface area contributed by atoms with E-state index in [-0.39, 0.29) is 26.4 Å². The van der Waals surface area contributed by atoms with Crippen LogP contribution in [0.1, 0.15) is 171 Å². The van der Waals surface area contributed by atoms with Gasteiger partial charge >= 0.3 is 0 Å². The molecular formula is C62H100O10. The molecule has 0 bridgehead atoms. The summed E-state index contributed by atoms with van der Waals surface area (Å²) >= 11 is 0. The fraction of sp³-hybridized carbons (Fsp3) is 0.742. The summed E-state index contributed by atoms with van der Waals surface area (Å²) in [7, 11) is 0. The Morgan fingerprint density at radius 2 is 0.889 bits per heavy atom. The predicted molar refractivity (Wildman–Crippen MR) is 291 cm³/mol. The first-order chi connectivity index (χ1) is 34.3. The van der Waals surface area contributed by atoms with Gasteiger partial charge in [-0.15, -0.1) is 0 Å². The highest BCUT2D eigenvalue weighted by Crippen LogP contribution is 2.61. The molecule has 6 aliphatic carbocycles. The Bertz CT molecular complexity index is 1750. The van der Waals surface area contributed by atoms with Crippen molar-refractivity contribution < 1.29 is 50.3 Å². The molecule has 6 aliphatic rings. The summed E-state index contributed by atoms with van der Waals surface area (Å²) in [6.45, 7) is 17.8. The Kier molecular flexibility index (Phi) is 23.5. The first kappa shape index (κ1) is 60.4. The lowest BCUT2D eigenvalue weighted by Crippen LogP contribution is -2.44. The van der Waals surface area contributed by atoms with E-state index in [1.807, 2.05) is 52.0 Å². The van der Waals surface area contributed by atoms with Crippen LogP contribution in [0, 0.1) is 46.3 Å². The van der Waals surface area contributed by atoms with E-state index in [0.717, 1.165) is 49.7 Å². The summed E-state index contributed by atoms with van der Waals surface area (Å²) in [6.07, 6.45) is 38.4. The largest absolute Gasteiger partial charge is 0.394 e. The quantitative estimate of drug-likeness (QED) is 0.0547. The molecule has 0 aromatic carbocycles. The minimum atomic E-state index is -0.746. The molecule has 6 unspecified atom stereocenters. The topological polar surface area (TPSA) is 180 Å². The van der Waals surface area contributed by atoms with Crippen molar-refractivity contribution in [2.45, 2.75) is 219 Å². The van der Waals surface area contributed by atoms with Crippen LogP contribution in [0.2, 0.25) is 0 Å². The smallest absolute Gasteiger partial charge is 0.110 e. The van der Waals surface area contributed by atoms with E-state index in [2.05, 4.69) is 76.3 Å². The second-order valence-electron chi connectivity index (χ2n) is 23.4. The first-order valence-corrected chi connectivity index (χ1v) is 28.5. The summed E-state index contributed by atoms with van der Waals surface area (Å²) < 4.78 is 10.9. The minimum absolute atomic E-state index is 0.113. The van der Waals surface area contributed by atoms with Crippen molar-refractivity contribution in [3.8, 4) is 0 Å². The Balaban J connectivity index is 0.000000267. The van der Waals surface area contributed by atoms with Gasteiger partial charge in [0.1, 0.15) is 12.2 Å². The van der Waals surface area contributed by atoms with Gasteiger partial charge < -0.3 is 50.3 Å². The van der Waals surface area contributed by atoms with Crippen LogP contribution in [0.5, 0.6) is 0 Å². The molecule has 0 heterocycles. The van der Waals surface area contributed by atoms with Crippen molar-refractivity contribution in [1.29, 1.82) is 0 Å². The predicted octanol–water partition coefficient (Wildman–Crippen LogP) is 10.5. The number of aliphatic hydroxyl groups is 8. The normalized spacial score (nSPS) is 35.6. The van der Waals surface area contributed by atoms with Crippen LogP contribution in [0.3, 0.4) is 0 Å². The van der Waals surface area contributed by atoms with Crippen LogP contribution >= 0.6 is 0 Å².